The maximum atomic E-state index is 11.9. The first-order valence-corrected chi connectivity index (χ1v) is 4.10. The molecule has 0 fully saturated rings. The molecule has 0 aliphatic carbocycles. The van der Waals surface area contributed by atoms with Crippen molar-refractivity contribution in [2.75, 3.05) is 0 Å². The summed E-state index contributed by atoms with van der Waals surface area (Å²) in [5.41, 5.74) is -0.389. The normalized spacial score (nSPS) is 10.9. The fraction of sp³-hybridized carbons (Fsp3) is 0.143. The van der Waals surface area contributed by atoms with E-state index in [0.717, 1.165) is 6.20 Å². The Morgan fingerprint density at radius 2 is 2.00 bits per heavy atom. The lowest BCUT2D eigenvalue weighted by atomic mass is 10.3. The van der Waals surface area contributed by atoms with Crippen LogP contribution < -0.4 is 4.74 Å². The molecule has 0 atom stereocenters. The van der Waals surface area contributed by atoms with Crippen molar-refractivity contribution in [3.63, 3.8) is 0 Å². The predicted octanol–water partition coefficient (Wildman–Crippen LogP) is 3.16. The van der Waals surface area contributed by atoms with Crippen molar-refractivity contribution >= 4 is 23.2 Å². The van der Waals surface area contributed by atoms with Crippen molar-refractivity contribution in [2.45, 2.75) is 6.36 Å². The van der Waals surface area contributed by atoms with Gasteiger partial charge in [0.05, 0.1) is 6.20 Å². The molecule has 8 heteroatoms. The highest BCUT2D eigenvalue weighted by atomic mass is 35.5. The van der Waals surface area contributed by atoms with E-state index in [0.29, 0.717) is 0 Å². The molecule has 0 bridgehead atoms. The highest BCUT2D eigenvalue weighted by molar-refractivity contribution is 6.37. The van der Waals surface area contributed by atoms with Gasteiger partial charge in [0.25, 0.3) is 0 Å². The summed E-state index contributed by atoms with van der Waals surface area (Å²) >= 11 is 10.8. The second kappa shape index (κ2) is 4.13. The molecule has 0 amide bonds. The minimum Gasteiger partial charge on any atom is -0.402 e. The number of pyridine rings is 1. The zero-order valence-electron chi connectivity index (χ0n) is 6.77. The van der Waals surface area contributed by atoms with Crippen LogP contribution in [-0.2, 0) is 0 Å². The van der Waals surface area contributed by atoms with Gasteiger partial charge in [-0.1, -0.05) is 23.2 Å². The van der Waals surface area contributed by atoms with Gasteiger partial charge in [-0.25, -0.2) is 4.98 Å². The van der Waals surface area contributed by atoms with Crippen LogP contribution in [0.2, 0.25) is 10.0 Å². The number of nitrogens with zero attached hydrogens (tertiary/aromatic N) is 2. The van der Waals surface area contributed by atoms with E-state index in [1.54, 1.807) is 0 Å². The summed E-state index contributed by atoms with van der Waals surface area (Å²) in [5, 5.41) is 7.47. The lowest BCUT2D eigenvalue weighted by molar-refractivity contribution is -0.274. The van der Waals surface area contributed by atoms with Crippen LogP contribution in [0.1, 0.15) is 5.69 Å². The molecule has 3 nitrogen and oxygen atoms in total. The molecule has 0 spiro atoms. The molecule has 0 saturated heterocycles. The second-order valence-electron chi connectivity index (χ2n) is 2.26. The maximum Gasteiger partial charge on any atom is 0.573 e. The van der Waals surface area contributed by atoms with Crippen LogP contribution in [0, 0.1) is 11.3 Å². The molecule has 80 valence electrons. The first kappa shape index (κ1) is 11.9. The van der Waals surface area contributed by atoms with Crippen LogP contribution in [0.5, 0.6) is 5.75 Å². The largest absolute Gasteiger partial charge is 0.573 e. The molecule has 1 aromatic rings. The van der Waals surface area contributed by atoms with E-state index in [1.165, 1.54) is 6.07 Å². The van der Waals surface area contributed by atoms with E-state index < -0.39 is 22.2 Å². The number of rotatable bonds is 1. The van der Waals surface area contributed by atoms with Crippen molar-refractivity contribution in [1.82, 2.24) is 4.98 Å². The number of nitriles is 1. The molecule has 0 saturated carbocycles. The van der Waals surface area contributed by atoms with Crippen LogP contribution in [0.15, 0.2) is 6.20 Å². The summed E-state index contributed by atoms with van der Waals surface area (Å²) in [4.78, 5) is 3.41. The average molecular weight is 257 g/mol. The molecule has 1 rings (SSSR count). The first-order chi connectivity index (χ1) is 6.85. The Morgan fingerprint density at radius 1 is 1.40 bits per heavy atom. The highest BCUT2D eigenvalue weighted by Gasteiger charge is 2.33. The Morgan fingerprint density at radius 3 is 2.47 bits per heavy atom. The smallest absolute Gasteiger partial charge is 0.402 e. The number of hydrogen-bond acceptors (Lipinski definition) is 3. The Kier molecular flexibility index (Phi) is 3.27. The van der Waals surface area contributed by atoms with Gasteiger partial charge >= 0.3 is 6.36 Å². The first-order valence-electron chi connectivity index (χ1n) is 3.35. The fourth-order valence-corrected chi connectivity index (χ4v) is 1.20. The maximum absolute atomic E-state index is 11.9. The summed E-state index contributed by atoms with van der Waals surface area (Å²) in [7, 11) is 0. The zero-order valence-corrected chi connectivity index (χ0v) is 8.28. The molecular weight excluding hydrogens is 256 g/mol. The van der Waals surface area contributed by atoms with E-state index >= 15 is 0 Å². The minimum absolute atomic E-state index is 0.389. The minimum atomic E-state index is -4.93. The summed E-state index contributed by atoms with van der Waals surface area (Å²) in [6.07, 6.45) is -4.07. The number of aromatic nitrogens is 1. The van der Waals surface area contributed by atoms with Crippen molar-refractivity contribution < 1.29 is 17.9 Å². The standard InChI is InChI=1S/C7HCl2F3N2O/c8-3-2-14-4(1-13)5(9)6(3)15-7(10,11)12/h2H. The molecule has 0 aromatic carbocycles. The molecule has 0 aliphatic rings. The van der Waals surface area contributed by atoms with Gasteiger partial charge in [-0.2, -0.15) is 5.26 Å². The van der Waals surface area contributed by atoms with E-state index in [9.17, 15) is 13.2 Å². The van der Waals surface area contributed by atoms with Crippen molar-refractivity contribution in [2.24, 2.45) is 0 Å². The van der Waals surface area contributed by atoms with Gasteiger partial charge < -0.3 is 4.74 Å². The summed E-state index contributed by atoms with van der Waals surface area (Å²) in [6.45, 7) is 0. The third-order valence-electron chi connectivity index (χ3n) is 1.25. The van der Waals surface area contributed by atoms with Crippen LogP contribution in [0.4, 0.5) is 13.2 Å². The van der Waals surface area contributed by atoms with Crippen LogP contribution >= 0.6 is 23.2 Å². The molecule has 15 heavy (non-hydrogen) atoms. The zero-order chi connectivity index (χ0) is 11.6. The van der Waals surface area contributed by atoms with E-state index in [4.69, 9.17) is 28.5 Å². The quantitative estimate of drug-likeness (QED) is 0.776. The van der Waals surface area contributed by atoms with Gasteiger partial charge in [0.15, 0.2) is 11.4 Å². The summed E-state index contributed by atoms with van der Waals surface area (Å²) in [6, 6.07) is 1.50. The van der Waals surface area contributed by atoms with Gasteiger partial charge in [0.1, 0.15) is 16.1 Å². The van der Waals surface area contributed by atoms with Crippen molar-refractivity contribution in [3.8, 4) is 11.8 Å². The fourth-order valence-electron chi connectivity index (χ4n) is 0.736. The second-order valence-corrected chi connectivity index (χ2v) is 3.04. The number of hydrogen-bond donors (Lipinski definition) is 0. The molecule has 1 heterocycles. The molecule has 0 unspecified atom stereocenters. The average Bonchev–Trinajstić information content (AvgIpc) is 2.11. The van der Waals surface area contributed by atoms with Gasteiger partial charge in [-0.15, -0.1) is 13.2 Å². The number of ether oxygens (including phenoxy) is 1. The molecule has 0 N–H and O–H groups in total. The van der Waals surface area contributed by atoms with Gasteiger partial charge in [-0.3, -0.25) is 0 Å². The summed E-state index contributed by atoms with van der Waals surface area (Å²) < 4.78 is 39.2. The van der Waals surface area contributed by atoms with Gasteiger partial charge in [0, 0.05) is 0 Å². The van der Waals surface area contributed by atoms with Gasteiger partial charge in [0.2, 0.25) is 0 Å². The predicted molar refractivity (Wildman–Crippen MR) is 45.7 cm³/mol. The van der Waals surface area contributed by atoms with Gasteiger partial charge in [-0.05, 0) is 0 Å². The van der Waals surface area contributed by atoms with Crippen LogP contribution in [0.25, 0.3) is 0 Å². The van der Waals surface area contributed by atoms with Crippen LogP contribution in [0.3, 0.4) is 0 Å². The number of halogens is 5. The van der Waals surface area contributed by atoms with E-state index in [1.807, 2.05) is 0 Å². The Balaban J connectivity index is 3.23. The molecular formula is C7HCl2F3N2O. The third kappa shape index (κ3) is 2.88. The Labute approximate surface area is 92.0 Å². The van der Waals surface area contributed by atoms with Crippen LogP contribution in [-0.4, -0.2) is 11.3 Å². The highest BCUT2D eigenvalue weighted by Crippen LogP contribution is 2.37. The third-order valence-corrected chi connectivity index (χ3v) is 1.87. The lowest BCUT2D eigenvalue weighted by Gasteiger charge is -2.11. The monoisotopic (exact) mass is 256 g/mol. The molecule has 0 aliphatic heterocycles. The Bertz CT molecular complexity index is 427. The van der Waals surface area contributed by atoms with Crippen molar-refractivity contribution in [1.29, 1.82) is 5.26 Å². The Hall–Kier alpha value is -1.19. The lowest BCUT2D eigenvalue weighted by Crippen LogP contribution is -2.18. The van der Waals surface area contributed by atoms with Crippen molar-refractivity contribution in [3.05, 3.63) is 21.9 Å². The SMILES string of the molecule is N#Cc1ncc(Cl)c(OC(F)(F)F)c1Cl. The molecule has 1 aromatic heterocycles. The van der Waals surface area contributed by atoms with E-state index in [2.05, 4.69) is 9.72 Å². The number of alkyl halides is 3. The van der Waals surface area contributed by atoms with E-state index in [-0.39, 0.29) is 5.69 Å². The summed E-state index contributed by atoms with van der Waals surface area (Å²) in [5.74, 6) is -0.822. The topological polar surface area (TPSA) is 45.9 Å². The molecule has 0 radical (unpaired) electrons.